The number of methoxy groups -OCH3 is 1. The van der Waals surface area contributed by atoms with Crippen molar-refractivity contribution < 1.29 is 4.74 Å². The van der Waals surface area contributed by atoms with Crippen molar-refractivity contribution in [1.82, 2.24) is 5.32 Å². The lowest BCUT2D eigenvalue weighted by molar-refractivity contribution is 0.404. The van der Waals surface area contributed by atoms with E-state index in [-0.39, 0.29) is 6.04 Å². The molecule has 2 aromatic carbocycles. The Labute approximate surface area is 143 Å². The van der Waals surface area contributed by atoms with Gasteiger partial charge in [0.05, 0.1) is 13.2 Å². The highest BCUT2D eigenvalue weighted by Gasteiger charge is 2.20. The molecule has 0 heterocycles. The van der Waals surface area contributed by atoms with Crippen molar-refractivity contribution in [2.75, 3.05) is 13.7 Å². The minimum atomic E-state index is -0.0321. The van der Waals surface area contributed by atoms with Gasteiger partial charge in [-0.05, 0) is 42.4 Å². The van der Waals surface area contributed by atoms with Crippen molar-refractivity contribution in [2.45, 2.75) is 13.0 Å². The van der Waals surface area contributed by atoms with Gasteiger partial charge in [-0.15, -0.1) is 0 Å². The maximum atomic E-state index is 6.15. The molecule has 0 bridgehead atoms. The molecule has 112 valence electrons. The van der Waals surface area contributed by atoms with Crippen LogP contribution in [0.25, 0.3) is 0 Å². The summed E-state index contributed by atoms with van der Waals surface area (Å²) < 4.78 is 6.42. The van der Waals surface area contributed by atoms with Crippen LogP contribution >= 0.6 is 39.1 Å². The van der Waals surface area contributed by atoms with E-state index in [1.54, 1.807) is 7.11 Å². The molecule has 0 aliphatic carbocycles. The monoisotopic (exact) mass is 387 g/mol. The third-order valence-corrected chi connectivity index (χ3v) is 4.34. The molecule has 0 aliphatic heterocycles. The van der Waals surface area contributed by atoms with E-state index in [0.717, 1.165) is 27.9 Å². The van der Waals surface area contributed by atoms with E-state index in [0.29, 0.717) is 10.0 Å². The molecule has 0 amide bonds. The first-order valence-corrected chi connectivity index (χ1v) is 8.13. The lowest BCUT2D eigenvalue weighted by atomic mass is 9.97. The highest BCUT2D eigenvalue weighted by Crippen LogP contribution is 2.36. The van der Waals surface area contributed by atoms with Gasteiger partial charge in [0.15, 0.2) is 0 Å². The molecule has 1 unspecified atom stereocenters. The van der Waals surface area contributed by atoms with Gasteiger partial charge in [-0.25, -0.2) is 0 Å². The number of benzene rings is 2. The van der Waals surface area contributed by atoms with Crippen molar-refractivity contribution in [3.8, 4) is 5.75 Å². The largest absolute Gasteiger partial charge is 0.496 e. The van der Waals surface area contributed by atoms with Crippen LogP contribution in [-0.2, 0) is 0 Å². The van der Waals surface area contributed by atoms with Gasteiger partial charge < -0.3 is 10.1 Å². The van der Waals surface area contributed by atoms with Crippen LogP contribution in [0.2, 0.25) is 10.0 Å². The van der Waals surface area contributed by atoms with Crippen molar-refractivity contribution in [3.63, 3.8) is 0 Å². The predicted molar refractivity (Wildman–Crippen MR) is 92.7 cm³/mol. The molecule has 1 atom stereocenters. The lowest BCUT2D eigenvalue weighted by Crippen LogP contribution is -2.23. The average molecular weight is 389 g/mol. The van der Waals surface area contributed by atoms with Crippen molar-refractivity contribution >= 4 is 39.1 Å². The van der Waals surface area contributed by atoms with Crippen LogP contribution in [0.4, 0.5) is 0 Å². The number of halogens is 3. The summed E-state index contributed by atoms with van der Waals surface area (Å²) in [6, 6.07) is 11.4. The van der Waals surface area contributed by atoms with Crippen LogP contribution in [0.5, 0.6) is 5.75 Å². The van der Waals surface area contributed by atoms with Crippen molar-refractivity contribution in [1.29, 1.82) is 0 Å². The van der Waals surface area contributed by atoms with E-state index in [2.05, 4.69) is 28.2 Å². The van der Waals surface area contributed by atoms with Gasteiger partial charge >= 0.3 is 0 Å². The van der Waals surface area contributed by atoms with E-state index in [1.165, 1.54) is 0 Å². The standard InChI is InChI=1S/C16H16BrCl2NO/c1-3-20-16(12-6-4-11(19)9-14(12)17)13-8-10(18)5-7-15(13)21-2/h4-9,16,20H,3H2,1-2H3. The number of hydrogen-bond acceptors (Lipinski definition) is 2. The number of hydrogen-bond donors (Lipinski definition) is 1. The van der Waals surface area contributed by atoms with E-state index < -0.39 is 0 Å². The SMILES string of the molecule is CCNC(c1ccc(Cl)cc1Br)c1cc(Cl)ccc1OC. The Balaban J connectivity index is 2.55. The Morgan fingerprint density at radius 2 is 1.76 bits per heavy atom. The number of rotatable bonds is 5. The van der Waals surface area contributed by atoms with E-state index in [9.17, 15) is 0 Å². The maximum Gasteiger partial charge on any atom is 0.124 e. The van der Waals surface area contributed by atoms with Crippen LogP contribution in [0, 0.1) is 0 Å². The first kappa shape index (κ1) is 16.6. The summed E-state index contributed by atoms with van der Waals surface area (Å²) in [7, 11) is 1.66. The average Bonchev–Trinajstić information content (AvgIpc) is 2.45. The summed E-state index contributed by atoms with van der Waals surface area (Å²) in [5, 5.41) is 4.84. The third-order valence-electron chi connectivity index (χ3n) is 3.18. The molecule has 0 aliphatic rings. The first-order valence-electron chi connectivity index (χ1n) is 6.58. The van der Waals surface area contributed by atoms with Crippen molar-refractivity contribution in [3.05, 3.63) is 62.0 Å². The molecule has 2 rings (SSSR count). The topological polar surface area (TPSA) is 21.3 Å². The molecule has 0 saturated heterocycles. The Morgan fingerprint density at radius 1 is 1.10 bits per heavy atom. The smallest absolute Gasteiger partial charge is 0.124 e. The second-order valence-corrected chi connectivity index (χ2v) is 6.27. The Bertz CT molecular complexity index is 634. The summed E-state index contributed by atoms with van der Waals surface area (Å²) in [6.45, 7) is 2.88. The fourth-order valence-corrected chi connectivity index (χ4v) is 3.35. The molecule has 0 fully saturated rings. The molecular formula is C16H16BrCl2NO. The molecule has 0 saturated carbocycles. The molecule has 0 aromatic heterocycles. The van der Waals surface area contributed by atoms with Gasteiger partial charge in [0.2, 0.25) is 0 Å². The van der Waals surface area contributed by atoms with Gasteiger partial charge in [-0.1, -0.05) is 52.1 Å². The van der Waals surface area contributed by atoms with E-state index in [1.807, 2.05) is 36.4 Å². The molecule has 2 aromatic rings. The zero-order valence-electron chi connectivity index (χ0n) is 11.8. The van der Waals surface area contributed by atoms with Crippen molar-refractivity contribution in [2.24, 2.45) is 0 Å². The van der Waals surface area contributed by atoms with Crippen LogP contribution < -0.4 is 10.1 Å². The van der Waals surface area contributed by atoms with Gasteiger partial charge in [-0.3, -0.25) is 0 Å². The van der Waals surface area contributed by atoms with Crippen LogP contribution in [-0.4, -0.2) is 13.7 Å². The number of ether oxygens (including phenoxy) is 1. The summed E-state index contributed by atoms with van der Waals surface area (Å²) in [5.74, 6) is 0.798. The third kappa shape index (κ3) is 3.92. The Kier molecular flexibility index (Phi) is 5.94. The van der Waals surface area contributed by atoms with Crippen LogP contribution in [0.15, 0.2) is 40.9 Å². The molecule has 5 heteroatoms. The number of nitrogens with one attached hydrogen (secondary N) is 1. The van der Waals surface area contributed by atoms with Gasteiger partial charge in [0.1, 0.15) is 5.75 Å². The fraction of sp³-hybridized carbons (Fsp3) is 0.250. The van der Waals surface area contributed by atoms with Gasteiger partial charge in [0.25, 0.3) is 0 Å². The second-order valence-electron chi connectivity index (χ2n) is 4.54. The summed E-state index contributed by atoms with van der Waals surface area (Å²) in [4.78, 5) is 0. The zero-order valence-corrected chi connectivity index (χ0v) is 14.9. The normalized spacial score (nSPS) is 12.2. The molecule has 1 N–H and O–H groups in total. The predicted octanol–water partition coefficient (Wildman–Crippen LogP) is 5.46. The molecular weight excluding hydrogens is 373 g/mol. The summed E-state index contributed by atoms with van der Waals surface area (Å²) in [5.41, 5.74) is 2.08. The Hall–Kier alpha value is -0.740. The Morgan fingerprint density at radius 3 is 2.38 bits per heavy atom. The molecule has 2 nitrogen and oxygen atoms in total. The van der Waals surface area contributed by atoms with Crippen LogP contribution in [0.1, 0.15) is 24.1 Å². The minimum Gasteiger partial charge on any atom is -0.496 e. The quantitative estimate of drug-likeness (QED) is 0.733. The highest BCUT2D eigenvalue weighted by atomic mass is 79.9. The minimum absolute atomic E-state index is 0.0321. The zero-order chi connectivity index (χ0) is 15.4. The lowest BCUT2D eigenvalue weighted by Gasteiger charge is -2.22. The second kappa shape index (κ2) is 7.50. The summed E-state index contributed by atoms with van der Waals surface area (Å²) >= 11 is 15.8. The molecule has 21 heavy (non-hydrogen) atoms. The highest BCUT2D eigenvalue weighted by molar-refractivity contribution is 9.10. The van der Waals surface area contributed by atoms with Crippen LogP contribution in [0.3, 0.4) is 0 Å². The molecule has 0 radical (unpaired) electrons. The molecule has 0 spiro atoms. The fourth-order valence-electron chi connectivity index (χ4n) is 2.26. The first-order chi connectivity index (χ1) is 10.1. The van der Waals surface area contributed by atoms with E-state index >= 15 is 0 Å². The maximum absolute atomic E-state index is 6.15. The van der Waals surface area contributed by atoms with E-state index in [4.69, 9.17) is 27.9 Å². The summed E-state index contributed by atoms with van der Waals surface area (Å²) in [6.07, 6.45) is 0. The van der Waals surface area contributed by atoms with Gasteiger partial charge in [0, 0.05) is 20.1 Å². The van der Waals surface area contributed by atoms with Gasteiger partial charge in [-0.2, -0.15) is 0 Å².